The Kier molecular flexibility index (Phi) is 5.42. The maximum atomic E-state index is 12.9. The number of amides is 1. The Morgan fingerprint density at radius 1 is 1.23 bits per heavy atom. The zero-order chi connectivity index (χ0) is 24.5. The van der Waals surface area contributed by atoms with Crippen molar-refractivity contribution in [2.75, 3.05) is 12.5 Å². The van der Waals surface area contributed by atoms with Gasteiger partial charge in [0, 0.05) is 17.2 Å². The summed E-state index contributed by atoms with van der Waals surface area (Å²) in [6.45, 7) is 0.0569. The molecule has 0 atom stereocenters. The Morgan fingerprint density at radius 3 is 2.83 bits per heavy atom. The molecular formula is C19H12ClN9O6. The van der Waals surface area contributed by atoms with Gasteiger partial charge >= 0.3 is 0 Å². The molecule has 1 aliphatic heterocycles. The number of carbonyl (C=O) groups excluding carboxylic acids is 1. The number of ether oxygens (including phenoxy) is 2. The number of halogens is 1. The molecule has 35 heavy (non-hydrogen) atoms. The first-order valence-corrected chi connectivity index (χ1v) is 10.0. The molecule has 0 spiro atoms. The zero-order valence-corrected chi connectivity index (χ0v) is 18.0. The summed E-state index contributed by atoms with van der Waals surface area (Å²) in [5.41, 5.74) is 8.69. The van der Waals surface area contributed by atoms with Crippen LogP contribution in [-0.2, 0) is 0 Å². The molecule has 1 amide bonds. The van der Waals surface area contributed by atoms with Crippen molar-refractivity contribution in [1.82, 2.24) is 30.7 Å². The van der Waals surface area contributed by atoms with E-state index in [2.05, 4.69) is 35.8 Å². The number of hydrazone groups is 1. The lowest BCUT2D eigenvalue weighted by molar-refractivity contribution is -0.384. The monoisotopic (exact) mass is 497 g/mol. The van der Waals surface area contributed by atoms with Crippen LogP contribution in [-0.4, -0.2) is 49.1 Å². The van der Waals surface area contributed by atoms with Crippen molar-refractivity contribution < 1.29 is 23.8 Å². The fourth-order valence-corrected chi connectivity index (χ4v) is 3.38. The molecular weight excluding hydrogens is 486 g/mol. The highest BCUT2D eigenvalue weighted by atomic mass is 35.5. The van der Waals surface area contributed by atoms with Crippen molar-refractivity contribution in [3.05, 3.63) is 62.8 Å². The topological polar surface area (TPSA) is 199 Å². The van der Waals surface area contributed by atoms with Crippen LogP contribution in [0.4, 0.5) is 11.5 Å². The zero-order valence-electron chi connectivity index (χ0n) is 17.3. The maximum Gasteiger partial charge on any atom is 0.294 e. The third-order valence-corrected chi connectivity index (χ3v) is 5.09. The van der Waals surface area contributed by atoms with Crippen LogP contribution in [0, 0.1) is 10.1 Å². The summed E-state index contributed by atoms with van der Waals surface area (Å²) < 4.78 is 16.6. The predicted octanol–water partition coefficient (Wildman–Crippen LogP) is 1.95. The van der Waals surface area contributed by atoms with Crippen LogP contribution in [0.15, 0.2) is 46.1 Å². The summed E-state index contributed by atoms with van der Waals surface area (Å²) in [4.78, 5) is 23.4. The highest BCUT2D eigenvalue weighted by Gasteiger charge is 2.26. The summed E-state index contributed by atoms with van der Waals surface area (Å²) in [6.07, 6.45) is 1.21. The van der Waals surface area contributed by atoms with E-state index >= 15 is 0 Å². The fourth-order valence-electron chi connectivity index (χ4n) is 3.19. The molecule has 0 bridgehead atoms. The van der Waals surface area contributed by atoms with Gasteiger partial charge in [0.25, 0.3) is 11.6 Å². The van der Waals surface area contributed by atoms with Gasteiger partial charge in [0.1, 0.15) is 10.7 Å². The van der Waals surface area contributed by atoms with Gasteiger partial charge < -0.3 is 15.2 Å². The highest BCUT2D eigenvalue weighted by Crippen LogP contribution is 2.37. The van der Waals surface area contributed by atoms with Gasteiger partial charge in [-0.3, -0.25) is 14.9 Å². The largest absolute Gasteiger partial charge is 0.454 e. The van der Waals surface area contributed by atoms with Gasteiger partial charge in [-0.2, -0.15) is 9.78 Å². The molecule has 0 radical (unpaired) electrons. The first kappa shape index (κ1) is 21.8. The minimum Gasteiger partial charge on any atom is -0.454 e. The second-order valence-corrected chi connectivity index (χ2v) is 7.31. The number of nitrogens with one attached hydrogen (secondary N) is 1. The molecule has 0 unspecified atom stereocenters. The van der Waals surface area contributed by atoms with Gasteiger partial charge in [-0.05, 0) is 34.6 Å². The molecule has 3 N–H and O–H groups in total. The second kappa shape index (κ2) is 8.71. The van der Waals surface area contributed by atoms with E-state index in [4.69, 9.17) is 26.8 Å². The number of nitro groups is 1. The number of hydrogen-bond donors (Lipinski definition) is 2. The summed E-state index contributed by atoms with van der Waals surface area (Å²) in [6, 6.07) is 9.02. The van der Waals surface area contributed by atoms with Crippen LogP contribution in [0.25, 0.3) is 17.1 Å². The van der Waals surface area contributed by atoms with E-state index in [1.54, 1.807) is 18.2 Å². The number of anilines is 1. The average Bonchev–Trinajstić information content (AvgIpc) is 3.58. The molecule has 15 nitrogen and oxygen atoms in total. The lowest BCUT2D eigenvalue weighted by Crippen LogP contribution is -2.19. The van der Waals surface area contributed by atoms with E-state index in [-0.39, 0.29) is 40.5 Å². The Morgan fingerprint density at radius 2 is 2.06 bits per heavy atom. The normalized spacial score (nSPS) is 12.3. The Bertz CT molecular complexity index is 1500. The number of nitro benzene ring substituents is 1. The van der Waals surface area contributed by atoms with Gasteiger partial charge in [0.15, 0.2) is 17.2 Å². The molecule has 5 rings (SSSR count). The number of aromatic nitrogens is 5. The Balaban J connectivity index is 1.48. The summed E-state index contributed by atoms with van der Waals surface area (Å²) in [5.74, 6) is 0.185. The van der Waals surface area contributed by atoms with Crippen LogP contribution in [0.2, 0.25) is 5.02 Å². The van der Waals surface area contributed by atoms with Crippen molar-refractivity contribution in [2.24, 2.45) is 5.10 Å². The third kappa shape index (κ3) is 4.06. The molecule has 1 aliphatic rings. The van der Waals surface area contributed by atoms with Gasteiger partial charge in [0.2, 0.25) is 18.4 Å². The minimum absolute atomic E-state index is 0.0150. The maximum absolute atomic E-state index is 12.9. The number of nitrogens with two attached hydrogens (primary N) is 1. The average molecular weight is 498 g/mol. The van der Waals surface area contributed by atoms with Crippen LogP contribution in [0.1, 0.15) is 16.1 Å². The third-order valence-electron chi connectivity index (χ3n) is 4.77. The van der Waals surface area contributed by atoms with Crippen LogP contribution in [0.3, 0.4) is 0 Å². The molecule has 0 saturated carbocycles. The first-order valence-electron chi connectivity index (χ1n) is 9.64. The number of benzene rings is 2. The molecule has 176 valence electrons. The summed E-state index contributed by atoms with van der Waals surface area (Å²) in [7, 11) is 0. The quantitative estimate of drug-likeness (QED) is 0.224. The first-order chi connectivity index (χ1) is 16.9. The number of nitrogens with zero attached hydrogens (tertiary/aromatic N) is 7. The molecule has 16 heteroatoms. The summed E-state index contributed by atoms with van der Waals surface area (Å²) in [5, 5.41) is 30.0. The van der Waals surface area contributed by atoms with E-state index in [0.29, 0.717) is 22.6 Å². The molecule has 4 aromatic rings. The molecule has 3 heterocycles. The van der Waals surface area contributed by atoms with E-state index in [9.17, 15) is 14.9 Å². The van der Waals surface area contributed by atoms with E-state index in [1.807, 2.05) is 0 Å². The van der Waals surface area contributed by atoms with Crippen molar-refractivity contribution in [2.45, 2.75) is 0 Å². The molecule has 0 saturated heterocycles. The predicted molar refractivity (Wildman–Crippen MR) is 118 cm³/mol. The van der Waals surface area contributed by atoms with Gasteiger partial charge in [-0.25, -0.2) is 10.1 Å². The molecule has 0 aliphatic carbocycles. The Hall–Kier alpha value is -5.05. The summed E-state index contributed by atoms with van der Waals surface area (Å²) >= 11 is 5.81. The lowest BCUT2D eigenvalue weighted by Gasteiger charge is -2.07. The van der Waals surface area contributed by atoms with Crippen molar-refractivity contribution in [3.8, 4) is 28.6 Å². The van der Waals surface area contributed by atoms with Crippen molar-refractivity contribution in [3.63, 3.8) is 0 Å². The second-order valence-electron chi connectivity index (χ2n) is 6.91. The smallest absolute Gasteiger partial charge is 0.294 e. The number of carbonyl (C=O) groups is 1. The molecule has 2 aromatic carbocycles. The van der Waals surface area contributed by atoms with E-state index in [0.717, 1.165) is 0 Å². The van der Waals surface area contributed by atoms with Gasteiger partial charge in [0.05, 0.1) is 11.1 Å². The Labute approximate surface area is 199 Å². The van der Waals surface area contributed by atoms with Crippen LogP contribution < -0.4 is 20.6 Å². The van der Waals surface area contributed by atoms with Crippen molar-refractivity contribution >= 4 is 35.2 Å². The van der Waals surface area contributed by atoms with Crippen LogP contribution >= 0.6 is 11.6 Å². The number of hydrogen-bond acceptors (Lipinski definition) is 12. The fraction of sp³-hybridized carbons (Fsp3) is 0.0526. The van der Waals surface area contributed by atoms with Crippen LogP contribution in [0.5, 0.6) is 11.5 Å². The van der Waals surface area contributed by atoms with Gasteiger partial charge in [-0.15, -0.1) is 5.10 Å². The molecule has 0 fully saturated rings. The lowest BCUT2D eigenvalue weighted by atomic mass is 10.1. The number of nitrogen functional groups attached to an aromatic ring is 1. The number of fused-ring (bicyclic) bond motifs is 1. The van der Waals surface area contributed by atoms with E-state index < -0.39 is 10.8 Å². The standard InChI is InChI=1S/C19H12ClN9O6/c20-11-3-1-9(5-12(11)29(31)32)7-22-24-19(30)15-16(10-2-4-13-14(6-10)34-8-33-13)28(27-23-15)18-17(21)25-35-26-18/h1-7H,8H2,(H2,21,25)(H,24,30)/b22-7+. The highest BCUT2D eigenvalue weighted by molar-refractivity contribution is 6.32. The SMILES string of the molecule is Nc1nonc1-n1nnc(C(=O)N/N=C/c2ccc(Cl)c([N+](=O)[O-])c2)c1-c1ccc2c(c1)OCO2. The van der Waals surface area contributed by atoms with Gasteiger partial charge in [-0.1, -0.05) is 22.9 Å². The minimum atomic E-state index is -0.737. The van der Waals surface area contributed by atoms with E-state index in [1.165, 1.54) is 29.1 Å². The van der Waals surface area contributed by atoms with Crippen molar-refractivity contribution in [1.29, 1.82) is 0 Å². The number of rotatable bonds is 6. The molecule has 2 aromatic heterocycles.